The Bertz CT molecular complexity index is 1050. The van der Waals surface area contributed by atoms with Crippen LogP contribution in [0.4, 0.5) is 0 Å². The lowest BCUT2D eigenvalue weighted by Gasteiger charge is -2.33. The van der Waals surface area contributed by atoms with E-state index in [4.69, 9.17) is 9.88 Å². The molecule has 1 aromatic rings. The van der Waals surface area contributed by atoms with Crippen LogP contribution in [0.3, 0.4) is 0 Å². The first-order chi connectivity index (χ1) is 15.5. The van der Waals surface area contributed by atoms with Crippen LogP contribution in [0, 0.1) is 0 Å². The molecule has 0 radical (unpaired) electrons. The summed E-state index contributed by atoms with van der Waals surface area (Å²) in [7, 11) is -5.95. The SMILES string of the molecule is COC(=O)c1ccc(S(N)(=O)=O)cc1CCCCCCCS(=O)(=O)N1CCN(C(C)=O)CC1. The lowest BCUT2D eigenvalue weighted by Crippen LogP contribution is -2.50. The van der Waals surface area contributed by atoms with Crippen molar-refractivity contribution in [2.75, 3.05) is 39.0 Å². The fourth-order valence-electron chi connectivity index (χ4n) is 3.80. The number of benzene rings is 1. The van der Waals surface area contributed by atoms with Gasteiger partial charge in [0, 0.05) is 33.1 Å². The van der Waals surface area contributed by atoms with Crippen molar-refractivity contribution >= 4 is 31.9 Å². The van der Waals surface area contributed by atoms with Gasteiger partial charge in [0.15, 0.2) is 0 Å². The maximum Gasteiger partial charge on any atom is 0.338 e. The molecule has 33 heavy (non-hydrogen) atoms. The van der Waals surface area contributed by atoms with E-state index in [1.807, 2.05) is 0 Å². The van der Waals surface area contributed by atoms with Gasteiger partial charge in [-0.3, -0.25) is 4.79 Å². The van der Waals surface area contributed by atoms with Gasteiger partial charge in [0.2, 0.25) is 26.0 Å². The Hall–Kier alpha value is -2.02. The van der Waals surface area contributed by atoms with E-state index >= 15 is 0 Å². The molecule has 1 aliphatic heterocycles. The topological polar surface area (TPSA) is 144 Å². The summed E-state index contributed by atoms with van der Waals surface area (Å²) in [6.07, 6.45) is 4.09. The van der Waals surface area contributed by atoms with Gasteiger partial charge in [-0.2, -0.15) is 4.31 Å². The zero-order chi connectivity index (χ0) is 24.6. The van der Waals surface area contributed by atoms with Gasteiger partial charge >= 0.3 is 5.97 Å². The number of primary sulfonamides is 1. The van der Waals surface area contributed by atoms with Crippen molar-refractivity contribution < 1.29 is 31.2 Å². The van der Waals surface area contributed by atoms with Crippen LogP contribution in [-0.2, 0) is 36.0 Å². The number of amides is 1. The van der Waals surface area contributed by atoms with Crippen LogP contribution in [0.25, 0.3) is 0 Å². The Morgan fingerprint density at radius 3 is 2.15 bits per heavy atom. The maximum absolute atomic E-state index is 12.5. The minimum atomic E-state index is -3.88. The first-order valence-corrected chi connectivity index (χ1v) is 14.1. The molecular weight excluding hydrogens is 470 g/mol. The number of hydrogen-bond donors (Lipinski definition) is 1. The largest absolute Gasteiger partial charge is 0.465 e. The second-order valence-corrected chi connectivity index (χ2v) is 11.7. The number of carbonyl (C=O) groups excluding carboxylic acids is 2. The Morgan fingerprint density at radius 1 is 0.970 bits per heavy atom. The normalized spacial score (nSPS) is 15.4. The number of methoxy groups -OCH3 is 1. The Morgan fingerprint density at radius 2 is 1.58 bits per heavy atom. The third-order valence-electron chi connectivity index (χ3n) is 5.74. The van der Waals surface area contributed by atoms with Crippen LogP contribution >= 0.6 is 0 Å². The van der Waals surface area contributed by atoms with Crippen molar-refractivity contribution in [3.8, 4) is 0 Å². The van der Waals surface area contributed by atoms with Crippen molar-refractivity contribution in [2.24, 2.45) is 5.14 Å². The van der Waals surface area contributed by atoms with Crippen LogP contribution in [0.2, 0.25) is 0 Å². The van der Waals surface area contributed by atoms with Gasteiger partial charge in [0.25, 0.3) is 0 Å². The summed E-state index contributed by atoms with van der Waals surface area (Å²) in [6.45, 7) is 3.00. The smallest absolute Gasteiger partial charge is 0.338 e. The fraction of sp³-hybridized carbons (Fsp3) is 0.619. The number of rotatable bonds is 11. The third kappa shape index (κ3) is 8.05. The number of sulfonamides is 2. The summed E-state index contributed by atoms with van der Waals surface area (Å²) < 4.78 is 54.4. The van der Waals surface area contributed by atoms with Gasteiger partial charge in [-0.05, 0) is 43.0 Å². The van der Waals surface area contributed by atoms with Crippen molar-refractivity contribution in [2.45, 2.75) is 50.3 Å². The number of ether oxygens (including phenoxy) is 1. The standard InChI is InChI=1S/C21H33N3O7S2/c1-17(25)23-11-13-24(14-12-23)32(27,28)15-7-5-3-4-6-8-18-16-19(33(22,29)30)9-10-20(18)21(26)31-2/h9-10,16H,3-8,11-15H2,1-2H3,(H2,22,29,30). The van der Waals surface area contributed by atoms with Crippen molar-refractivity contribution in [3.63, 3.8) is 0 Å². The zero-order valence-electron chi connectivity index (χ0n) is 19.2. The van der Waals surface area contributed by atoms with Crippen LogP contribution < -0.4 is 5.14 Å². The molecule has 1 heterocycles. The molecule has 0 aromatic heterocycles. The molecule has 0 spiro atoms. The van der Waals surface area contributed by atoms with Crippen LogP contribution in [0.1, 0.15) is 54.9 Å². The highest BCUT2D eigenvalue weighted by Gasteiger charge is 2.27. The number of nitrogens with two attached hydrogens (primary N) is 1. The van der Waals surface area contributed by atoms with Gasteiger partial charge in [0.05, 0.1) is 23.3 Å². The van der Waals surface area contributed by atoms with Crippen LogP contribution in [0.5, 0.6) is 0 Å². The number of aryl methyl sites for hydroxylation is 1. The average Bonchev–Trinajstić information content (AvgIpc) is 2.77. The quantitative estimate of drug-likeness (QED) is 0.352. The van der Waals surface area contributed by atoms with Crippen LogP contribution in [0.15, 0.2) is 23.1 Å². The predicted octanol–water partition coefficient (Wildman–Crippen LogP) is 1.11. The van der Waals surface area contributed by atoms with E-state index in [0.29, 0.717) is 56.6 Å². The molecule has 1 aliphatic rings. The molecule has 1 saturated heterocycles. The second kappa shape index (κ2) is 11.9. The molecule has 10 nitrogen and oxygen atoms in total. The molecule has 1 amide bonds. The van der Waals surface area contributed by atoms with Crippen molar-refractivity contribution in [1.82, 2.24) is 9.21 Å². The number of piperazine rings is 1. The van der Waals surface area contributed by atoms with E-state index in [2.05, 4.69) is 0 Å². The molecule has 0 atom stereocenters. The molecule has 2 rings (SSSR count). The predicted molar refractivity (Wildman–Crippen MR) is 124 cm³/mol. The highest BCUT2D eigenvalue weighted by Crippen LogP contribution is 2.19. The van der Waals surface area contributed by atoms with E-state index in [-0.39, 0.29) is 16.6 Å². The number of carbonyl (C=O) groups is 2. The minimum absolute atomic E-state index is 0.0397. The number of hydrogen-bond acceptors (Lipinski definition) is 7. The van der Waals surface area contributed by atoms with Gasteiger partial charge in [-0.25, -0.2) is 26.8 Å². The summed E-state index contributed by atoms with van der Waals surface area (Å²) in [6, 6.07) is 4.09. The van der Waals surface area contributed by atoms with Gasteiger partial charge < -0.3 is 9.64 Å². The Kier molecular flexibility index (Phi) is 9.83. The third-order valence-corrected chi connectivity index (χ3v) is 8.60. The minimum Gasteiger partial charge on any atom is -0.465 e. The second-order valence-electron chi connectivity index (χ2n) is 8.09. The molecule has 12 heteroatoms. The zero-order valence-corrected chi connectivity index (χ0v) is 20.8. The van der Waals surface area contributed by atoms with E-state index in [0.717, 1.165) is 19.3 Å². The first kappa shape index (κ1) is 27.2. The summed E-state index contributed by atoms with van der Waals surface area (Å²) in [5, 5.41) is 5.19. The summed E-state index contributed by atoms with van der Waals surface area (Å²) in [4.78, 5) is 24.9. The average molecular weight is 504 g/mol. The van der Waals surface area contributed by atoms with Crippen LogP contribution in [-0.4, -0.2) is 77.0 Å². The molecule has 1 fully saturated rings. The van der Waals surface area contributed by atoms with Gasteiger partial charge in [0.1, 0.15) is 0 Å². The number of nitrogens with zero attached hydrogens (tertiary/aromatic N) is 2. The van der Waals surface area contributed by atoms with E-state index in [1.54, 1.807) is 4.90 Å². The molecule has 1 aromatic carbocycles. The molecule has 2 N–H and O–H groups in total. The molecule has 0 unspecified atom stereocenters. The number of esters is 1. The Balaban J connectivity index is 1.77. The van der Waals surface area contributed by atoms with E-state index in [9.17, 15) is 26.4 Å². The van der Waals surface area contributed by atoms with Gasteiger partial charge in [-0.1, -0.05) is 19.3 Å². The lowest BCUT2D eigenvalue weighted by atomic mass is 10.0. The monoisotopic (exact) mass is 503 g/mol. The van der Waals surface area contributed by atoms with E-state index in [1.165, 1.54) is 36.5 Å². The van der Waals surface area contributed by atoms with Crippen molar-refractivity contribution in [1.29, 1.82) is 0 Å². The molecule has 186 valence electrons. The molecule has 0 aliphatic carbocycles. The molecular formula is C21H33N3O7S2. The highest BCUT2D eigenvalue weighted by atomic mass is 32.2. The summed E-state index contributed by atoms with van der Waals surface area (Å²) in [5.74, 6) is -0.502. The van der Waals surface area contributed by atoms with Gasteiger partial charge in [-0.15, -0.1) is 0 Å². The number of unbranched alkanes of at least 4 members (excludes halogenated alkanes) is 4. The first-order valence-electron chi connectivity index (χ1n) is 10.9. The fourth-order valence-corrected chi connectivity index (χ4v) is 5.91. The lowest BCUT2D eigenvalue weighted by molar-refractivity contribution is -0.129. The highest BCUT2D eigenvalue weighted by molar-refractivity contribution is 7.89. The summed E-state index contributed by atoms with van der Waals surface area (Å²) >= 11 is 0. The summed E-state index contributed by atoms with van der Waals surface area (Å²) in [5.41, 5.74) is 0.863. The maximum atomic E-state index is 12.5. The van der Waals surface area contributed by atoms with Crippen molar-refractivity contribution in [3.05, 3.63) is 29.3 Å². The van der Waals surface area contributed by atoms with E-state index < -0.39 is 26.0 Å². The Labute approximate surface area is 196 Å². The molecule has 0 bridgehead atoms. The molecule has 0 saturated carbocycles.